The van der Waals surface area contributed by atoms with Crippen molar-refractivity contribution in [2.75, 3.05) is 25.4 Å². The number of sulfone groups is 1. The van der Waals surface area contributed by atoms with E-state index in [-0.39, 0.29) is 4.90 Å². The zero-order valence-corrected chi connectivity index (χ0v) is 19.6. The number of nitrogens with zero attached hydrogens (tertiary/aromatic N) is 2. The van der Waals surface area contributed by atoms with Crippen LogP contribution < -0.4 is 14.4 Å². The van der Waals surface area contributed by atoms with Crippen molar-refractivity contribution in [1.29, 1.82) is 0 Å². The summed E-state index contributed by atoms with van der Waals surface area (Å²) in [4.78, 5) is 6.35. The number of hydrogen-bond donors (Lipinski definition) is 0. The lowest BCUT2D eigenvalue weighted by molar-refractivity contribution is 0.355. The first-order valence-corrected chi connectivity index (χ1v) is 11.9. The summed E-state index contributed by atoms with van der Waals surface area (Å²) in [7, 11) is -0.108. The quantitative estimate of drug-likeness (QED) is 0.450. The Bertz CT molecular complexity index is 1150. The molecule has 0 N–H and O–H groups in total. The summed E-state index contributed by atoms with van der Waals surface area (Å²) >= 11 is 12.7. The zero-order chi connectivity index (χ0) is 22.6. The van der Waals surface area contributed by atoms with Gasteiger partial charge in [0.2, 0.25) is 0 Å². The summed E-state index contributed by atoms with van der Waals surface area (Å²) in [6.07, 6.45) is 4.29. The Morgan fingerprint density at radius 3 is 2.06 bits per heavy atom. The number of hydrogen-bond acceptors (Lipinski definition) is 6. The van der Waals surface area contributed by atoms with Crippen molar-refractivity contribution in [3.8, 4) is 11.5 Å². The van der Waals surface area contributed by atoms with Crippen LogP contribution in [-0.2, 0) is 22.9 Å². The van der Waals surface area contributed by atoms with E-state index in [0.717, 1.165) is 16.8 Å². The standard InChI is InChI=1S/C22H22Cl2N2O4S/c1-29-21-9-6-16(10-22(21)30-2)26(14-18-19(23)11-25-12-20(18)24)13-15-4-7-17(8-5-15)31(3,27)28/h4-12H,13-14H2,1-3H3. The Labute approximate surface area is 192 Å². The van der Waals surface area contributed by atoms with Gasteiger partial charge >= 0.3 is 0 Å². The van der Waals surface area contributed by atoms with E-state index in [9.17, 15) is 8.42 Å². The van der Waals surface area contributed by atoms with Gasteiger partial charge in [-0.3, -0.25) is 4.98 Å². The minimum Gasteiger partial charge on any atom is -0.493 e. The second-order valence-corrected chi connectivity index (χ2v) is 9.72. The van der Waals surface area contributed by atoms with Crippen LogP contribution in [0.15, 0.2) is 59.8 Å². The third kappa shape index (κ3) is 5.61. The van der Waals surface area contributed by atoms with Gasteiger partial charge in [0.1, 0.15) is 0 Å². The van der Waals surface area contributed by atoms with Crippen LogP contribution >= 0.6 is 23.2 Å². The summed E-state index contributed by atoms with van der Waals surface area (Å²) in [5.41, 5.74) is 2.51. The van der Waals surface area contributed by atoms with Crippen molar-refractivity contribution in [2.24, 2.45) is 0 Å². The molecule has 0 aliphatic heterocycles. The number of halogens is 2. The molecule has 0 saturated carbocycles. The van der Waals surface area contributed by atoms with Crippen molar-refractivity contribution >= 4 is 38.7 Å². The summed E-state index contributed by atoms with van der Waals surface area (Å²) in [6, 6.07) is 12.4. The molecule has 0 radical (unpaired) electrons. The first-order valence-electron chi connectivity index (χ1n) is 9.26. The molecule has 2 aromatic carbocycles. The number of anilines is 1. The fourth-order valence-corrected chi connectivity index (χ4v) is 4.22. The number of aromatic nitrogens is 1. The molecule has 0 spiro atoms. The first-order chi connectivity index (χ1) is 14.7. The highest BCUT2D eigenvalue weighted by Crippen LogP contribution is 2.34. The minimum absolute atomic E-state index is 0.272. The molecule has 3 aromatic rings. The van der Waals surface area contributed by atoms with Crippen molar-refractivity contribution < 1.29 is 17.9 Å². The molecule has 31 heavy (non-hydrogen) atoms. The maximum absolute atomic E-state index is 11.8. The lowest BCUT2D eigenvalue weighted by Gasteiger charge is -2.27. The van der Waals surface area contributed by atoms with Gasteiger partial charge in [0.25, 0.3) is 0 Å². The largest absolute Gasteiger partial charge is 0.493 e. The van der Waals surface area contributed by atoms with E-state index >= 15 is 0 Å². The molecule has 0 bridgehead atoms. The Balaban J connectivity index is 2.00. The van der Waals surface area contributed by atoms with Crippen molar-refractivity contribution in [3.05, 3.63) is 76.0 Å². The third-order valence-electron chi connectivity index (χ3n) is 4.76. The second kappa shape index (κ2) is 9.77. The van der Waals surface area contributed by atoms with Gasteiger partial charge < -0.3 is 14.4 Å². The molecule has 6 nitrogen and oxygen atoms in total. The van der Waals surface area contributed by atoms with Crippen LogP contribution in [0.2, 0.25) is 10.0 Å². The summed E-state index contributed by atoms with van der Waals surface area (Å²) in [5.74, 6) is 1.20. The number of methoxy groups -OCH3 is 2. The first kappa shape index (κ1) is 23.2. The second-order valence-electron chi connectivity index (χ2n) is 6.89. The molecule has 0 atom stereocenters. The predicted octanol–water partition coefficient (Wildman–Crippen LogP) is 5.02. The number of benzene rings is 2. The maximum atomic E-state index is 11.8. The van der Waals surface area contributed by atoms with Crippen LogP contribution in [0.4, 0.5) is 5.69 Å². The molecular formula is C22H22Cl2N2O4S. The van der Waals surface area contributed by atoms with Crippen LogP contribution in [0.3, 0.4) is 0 Å². The van der Waals surface area contributed by atoms with Gasteiger partial charge in [0, 0.05) is 49.1 Å². The maximum Gasteiger partial charge on any atom is 0.175 e. The van der Waals surface area contributed by atoms with E-state index in [2.05, 4.69) is 9.88 Å². The molecule has 0 amide bonds. The van der Waals surface area contributed by atoms with E-state index in [1.807, 2.05) is 18.2 Å². The van der Waals surface area contributed by atoms with Crippen LogP contribution in [0, 0.1) is 0 Å². The van der Waals surface area contributed by atoms with E-state index in [1.54, 1.807) is 50.9 Å². The van der Waals surface area contributed by atoms with Crippen LogP contribution in [-0.4, -0.2) is 33.9 Å². The van der Waals surface area contributed by atoms with Gasteiger partial charge in [-0.2, -0.15) is 0 Å². The zero-order valence-electron chi connectivity index (χ0n) is 17.3. The molecule has 0 aliphatic carbocycles. The van der Waals surface area contributed by atoms with Gasteiger partial charge in [0.05, 0.1) is 29.2 Å². The molecule has 164 valence electrons. The van der Waals surface area contributed by atoms with Crippen molar-refractivity contribution in [2.45, 2.75) is 18.0 Å². The van der Waals surface area contributed by atoms with E-state index in [4.69, 9.17) is 32.7 Å². The molecule has 0 aliphatic rings. The molecule has 1 heterocycles. The highest BCUT2D eigenvalue weighted by molar-refractivity contribution is 7.90. The minimum atomic E-state index is -3.26. The predicted molar refractivity (Wildman–Crippen MR) is 123 cm³/mol. The molecule has 3 rings (SSSR count). The Morgan fingerprint density at radius 1 is 0.903 bits per heavy atom. The number of ether oxygens (including phenoxy) is 2. The fraction of sp³-hybridized carbons (Fsp3) is 0.227. The van der Waals surface area contributed by atoms with Crippen molar-refractivity contribution in [3.63, 3.8) is 0 Å². The molecule has 0 unspecified atom stereocenters. The summed E-state index contributed by atoms with van der Waals surface area (Å²) in [6.45, 7) is 0.887. The average Bonchev–Trinajstić information content (AvgIpc) is 2.74. The van der Waals surface area contributed by atoms with Gasteiger partial charge in [-0.25, -0.2) is 8.42 Å². The Kier molecular flexibility index (Phi) is 7.30. The highest BCUT2D eigenvalue weighted by Gasteiger charge is 2.16. The molecule has 0 fully saturated rings. The monoisotopic (exact) mass is 480 g/mol. The Hall–Kier alpha value is -2.48. The van der Waals surface area contributed by atoms with Crippen molar-refractivity contribution in [1.82, 2.24) is 4.98 Å². The summed E-state index contributed by atoms with van der Waals surface area (Å²) in [5, 5.41) is 0.927. The SMILES string of the molecule is COc1ccc(N(Cc2ccc(S(C)(=O)=O)cc2)Cc2c(Cl)cncc2Cl)cc1OC. The molecule has 9 heteroatoms. The molecule has 1 aromatic heterocycles. The smallest absolute Gasteiger partial charge is 0.175 e. The van der Waals surface area contributed by atoms with E-state index < -0.39 is 9.84 Å². The van der Waals surface area contributed by atoms with Gasteiger partial charge in [0.15, 0.2) is 21.3 Å². The number of pyridine rings is 1. The molecular weight excluding hydrogens is 459 g/mol. The lowest BCUT2D eigenvalue weighted by Crippen LogP contribution is -2.22. The Morgan fingerprint density at radius 2 is 1.52 bits per heavy atom. The number of rotatable bonds is 8. The van der Waals surface area contributed by atoms with Gasteiger partial charge in [-0.1, -0.05) is 35.3 Å². The topological polar surface area (TPSA) is 68.7 Å². The van der Waals surface area contributed by atoms with Crippen LogP contribution in [0.1, 0.15) is 11.1 Å². The summed E-state index contributed by atoms with van der Waals surface area (Å²) < 4.78 is 34.3. The van der Waals surface area contributed by atoms with Crippen LogP contribution in [0.5, 0.6) is 11.5 Å². The average molecular weight is 481 g/mol. The molecule has 0 saturated heterocycles. The van der Waals surface area contributed by atoms with Gasteiger partial charge in [-0.15, -0.1) is 0 Å². The van der Waals surface area contributed by atoms with Crippen LogP contribution in [0.25, 0.3) is 0 Å². The van der Waals surface area contributed by atoms with E-state index in [0.29, 0.717) is 34.6 Å². The fourth-order valence-electron chi connectivity index (χ4n) is 3.10. The van der Waals surface area contributed by atoms with E-state index in [1.165, 1.54) is 6.26 Å². The highest BCUT2D eigenvalue weighted by atomic mass is 35.5. The normalized spacial score (nSPS) is 11.3. The van der Waals surface area contributed by atoms with Gasteiger partial charge in [-0.05, 0) is 29.8 Å². The third-order valence-corrected chi connectivity index (χ3v) is 6.54. The lowest BCUT2D eigenvalue weighted by atomic mass is 10.1.